The van der Waals surface area contributed by atoms with Gasteiger partial charge in [0.25, 0.3) is 5.91 Å². The normalized spacial score (nSPS) is 19.5. The van der Waals surface area contributed by atoms with Crippen LogP contribution in [0.5, 0.6) is 0 Å². The standard InChI is InChI=1S/C23H30N2O7/c1-30-20(31-2)14-24(21(27)15-7-5-4-6-8-15)18-13-19(26)25(22(18)28)17-11-9-16(10-12-17)23(29)32-3/h9-12,15,18,20H,4-8,13-14H2,1-3H3. The highest BCUT2D eigenvalue weighted by atomic mass is 16.7. The molecular formula is C23H30N2O7. The number of carbonyl (C=O) groups excluding carboxylic acids is 4. The summed E-state index contributed by atoms with van der Waals surface area (Å²) in [5.74, 6) is -1.70. The Bertz CT molecular complexity index is 844. The zero-order valence-electron chi connectivity index (χ0n) is 18.7. The first kappa shape index (κ1) is 23.9. The van der Waals surface area contributed by atoms with E-state index in [2.05, 4.69) is 4.74 Å². The van der Waals surface area contributed by atoms with E-state index >= 15 is 0 Å². The minimum Gasteiger partial charge on any atom is -0.465 e. The zero-order valence-corrected chi connectivity index (χ0v) is 18.7. The number of carbonyl (C=O) groups is 4. The molecule has 3 rings (SSSR count). The van der Waals surface area contributed by atoms with Gasteiger partial charge in [-0.15, -0.1) is 0 Å². The third kappa shape index (κ3) is 4.99. The highest BCUT2D eigenvalue weighted by Crippen LogP contribution is 2.31. The van der Waals surface area contributed by atoms with Crippen LogP contribution in [0.4, 0.5) is 5.69 Å². The third-order valence-corrected chi connectivity index (χ3v) is 6.15. The predicted octanol–water partition coefficient (Wildman–Crippen LogP) is 2.13. The molecule has 9 heteroatoms. The van der Waals surface area contributed by atoms with Crippen LogP contribution in [0.2, 0.25) is 0 Å². The molecule has 2 fully saturated rings. The molecule has 1 aromatic carbocycles. The third-order valence-electron chi connectivity index (χ3n) is 6.15. The van der Waals surface area contributed by atoms with E-state index in [1.54, 1.807) is 0 Å². The van der Waals surface area contributed by atoms with E-state index in [1.807, 2.05) is 0 Å². The number of ether oxygens (including phenoxy) is 3. The van der Waals surface area contributed by atoms with Gasteiger partial charge in [-0.2, -0.15) is 0 Å². The van der Waals surface area contributed by atoms with Crippen LogP contribution in [0.25, 0.3) is 0 Å². The molecule has 0 N–H and O–H groups in total. The maximum atomic E-state index is 13.4. The highest BCUT2D eigenvalue weighted by Gasteiger charge is 2.46. The van der Waals surface area contributed by atoms with Crippen molar-refractivity contribution < 1.29 is 33.4 Å². The van der Waals surface area contributed by atoms with Crippen molar-refractivity contribution in [1.82, 2.24) is 4.90 Å². The number of hydrogen-bond acceptors (Lipinski definition) is 7. The van der Waals surface area contributed by atoms with Gasteiger partial charge in [0, 0.05) is 20.1 Å². The predicted molar refractivity (Wildman–Crippen MR) is 115 cm³/mol. The van der Waals surface area contributed by atoms with Crippen LogP contribution >= 0.6 is 0 Å². The number of amides is 3. The number of hydrogen-bond donors (Lipinski definition) is 0. The average Bonchev–Trinajstić information content (AvgIpc) is 3.13. The zero-order chi connectivity index (χ0) is 23.3. The number of esters is 1. The molecule has 1 aromatic rings. The van der Waals surface area contributed by atoms with Gasteiger partial charge in [0.05, 0.1) is 31.3 Å². The highest BCUT2D eigenvalue weighted by molar-refractivity contribution is 6.23. The smallest absolute Gasteiger partial charge is 0.337 e. The van der Waals surface area contributed by atoms with Crippen LogP contribution < -0.4 is 4.90 Å². The molecule has 1 aliphatic heterocycles. The number of rotatable bonds is 8. The van der Waals surface area contributed by atoms with Crippen molar-refractivity contribution in [2.24, 2.45) is 5.92 Å². The summed E-state index contributed by atoms with van der Waals surface area (Å²) < 4.78 is 15.2. The molecule has 0 aromatic heterocycles. The monoisotopic (exact) mass is 446 g/mol. The van der Waals surface area contributed by atoms with Crippen LogP contribution in [0, 0.1) is 5.92 Å². The van der Waals surface area contributed by atoms with Gasteiger partial charge in [0.1, 0.15) is 6.04 Å². The summed E-state index contributed by atoms with van der Waals surface area (Å²) in [6, 6.07) is 5.10. The number of methoxy groups -OCH3 is 3. The lowest BCUT2D eigenvalue weighted by Crippen LogP contribution is -2.51. The summed E-state index contributed by atoms with van der Waals surface area (Å²) in [5.41, 5.74) is 0.652. The fraction of sp³-hybridized carbons (Fsp3) is 0.565. The molecule has 1 heterocycles. The van der Waals surface area contributed by atoms with Crippen LogP contribution in [0.15, 0.2) is 24.3 Å². The summed E-state index contributed by atoms with van der Waals surface area (Å²) in [7, 11) is 4.21. The first-order chi connectivity index (χ1) is 15.4. The van der Waals surface area contributed by atoms with Crippen molar-refractivity contribution in [3.63, 3.8) is 0 Å². The molecule has 0 bridgehead atoms. The first-order valence-corrected chi connectivity index (χ1v) is 10.8. The Morgan fingerprint density at radius 1 is 1.03 bits per heavy atom. The second kappa shape index (κ2) is 10.7. The molecule has 0 radical (unpaired) electrons. The van der Waals surface area contributed by atoms with Gasteiger partial charge in [-0.05, 0) is 37.1 Å². The first-order valence-electron chi connectivity index (χ1n) is 10.8. The number of imide groups is 1. The second-order valence-electron chi connectivity index (χ2n) is 8.05. The fourth-order valence-electron chi connectivity index (χ4n) is 4.36. The molecule has 1 saturated heterocycles. The van der Waals surface area contributed by atoms with E-state index in [4.69, 9.17) is 9.47 Å². The molecule has 1 unspecified atom stereocenters. The maximum Gasteiger partial charge on any atom is 0.337 e. The number of benzene rings is 1. The van der Waals surface area contributed by atoms with Gasteiger partial charge in [-0.1, -0.05) is 19.3 Å². The molecule has 1 aliphatic carbocycles. The van der Waals surface area contributed by atoms with Crippen molar-refractivity contribution in [3.05, 3.63) is 29.8 Å². The second-order valence-corrected chi connectivity index (χ2v) is 8.05. The molecule has 1 saturated carbocycles. The van der Waals surface area contributed by atoms with Gasteiger partial charge in [0.2, 0.25) is 11.8 Å². The molecule has 9 nitrogen and oxygen atoms in total. The maximum absolute atomic E-state index is 13.4. The van der Waals surface area contributed by atoms with Crippen molar-refractivity contribution in [3.8, 4) is 0 Å². The van der Waals surface area contributed by atoms with Crippen LogP contribution in [-0.4, -0.2) is 68.8 Å². The number of nitrogens with zero attached hydrogens (tertiary/aromatic N) is 2. The van der Waals surface area contributed by atoms with Crippen molar-refractivity contribution >= 4 is 29.4 Å². The molecule has 2 aliphatic rings. The lowest BCUT2D eigenvalue weighted by molar-refractivity contribution is -0.156. The number of anilines is 1. The van der Waals surface area contributed by atoms with Crippen LogP contribution in [0.1, 0.15) is 48.9 Å². The van der Waals surface area contributed by atoms with Crippen LogP contribution in [-0.2, 0) is 28.6 Å². The molecule has 0 spiro atoms. The van der Waals surface area contributed by atoms with Gasteiger partial charge in [-0.3, -0.25) is 14.4 Å². The summed E-state index contributed by atoms with van der Waals surface area (Å²) >= 11 is 0. The minimum atomic E-state index is -0.926. The Morgan fingerprint density at radius 3 is 2.22 bits per heavy atom. The summed E-state index contributed by atoms with van der Waals surface area (Å²) in [6.07, 6.45) is 3.76. The van der Waals surface area contributed by atoms with Gasteiger partial charge < -0.3 is 19.1 Å². The Labute approximate surface area is 187 Å². The lowest BCUT2D eigenvalue weighted by atomic mass is 9.88. The van der Waals surface area contributed by atoms with E-state index in [0.29, 0.717) is 11.3 Å². The fourth-order valence-corrected chi connectivity index (χ4v) is 4.36. The van der Waals surface area contributed by atoms with Crippen molar-refractivity contribution in [2.75, 3.05) is 32.8 Å². The molecule has 1 atom stereocenters. The van der Waals surface area contributed by atoms with E-state index < -0.39 is 30.1 Å². The van der Waals surface area contributed by atoms with Crippen LogP contribution in [0.3, 0.4) is 0 Å². The van der Waals surface area contributed by atoms with Gasteiger partial charge in [-0.25, -0.2) is 9.69 Å². The molecule has 32 heavy (non-hydrogen) atoms. The Balaban J connectivity index is 1.85. The van der Waals surface area contributed by atoms with E-state index in [1.165, 1.54) is 50.5 Å². The van der Waals surface area contributed by atoms with Gasteiger partial charge >= 0.3 is 5.97 Å². The SMILES string of the molecule is COC(=O)c1ccc(N2C(=O)CC(N(CC(OC)OC)C(=O)C3CCCCC3)C2=O)cc1. The molecule has 3 amide bonds. The lowest BCUT2D eigenvalue weighted by Gasteiger charge is -2.34. The van der Waals surface area contributed by atoms with E-state index in [0.717, 1.165) is 37.0 Å². The minimum absolute atomic E-state index is 0.0567. The molecular weight excluding hydrogens is 416 g/mol. The topological polar surface area (TPSA) is 102 Å². The summed E-state index contributed by atoms with van der Waals surface area (Å²) in [4.78, 5) is 53.7. The Morgan fingerprint density at radius 2 is 1.66 bits per heavy atom. The Kier molecular flexibility index (Phi) is 7.98. The summed E-state index contributed by atoms with van der Waals surface area (Å²) in [5, 5.41) is 0. The van der Waals surface area contributed by atoms with Gasteiger partial charge in [0.15, 0.2) is 6.29 Å². The van der Waals surface area contributed by atoms with Crippen molar-refractivity contribution in [1.29, 1.82) is 0 Å². The van der Waals surface area contributed by atoms with E-state index in [9.17, 15) is 19.2 Å². The average molecular weight is 447 g/mol. The largest absolute Gasteiger partial charge is 0.465 e. The van der Waals surface area contributed by atoms with E-state index in [-0.39, 0.29) is 24.8 Å². The summed E-state index contributed by atoms with van der Waals surface area (Å²) in [6.45, 7) is 0.0567. The Hall–Kier alpha value is -2.78. The quantitative estimate of drug-likeness (QED) is 0.342. The van der Waals surface area contributed by atoms with Crippen molar-refractivity contribution in [2.45, 2.75) is 50.9 Å². The molecule has 174 valence electrons.